The summed E-state index contributed by atoms with van der Waals surface area (Å²) in [6.45, 7) is 5.24. The molecule has 0 spiro atoms. The van der Waals surface area contributed by atoms with E-state index in [4.69, 9.17) is 32.7 Å². The molecule has 9 heteroatoms. The molecular weight excluding hydrogens is 427 g/mol. The Balaban J connectivity index is 1.49. The van der Waals surface area contributed by atoms with E-state index in [9.17, 15) is 4.79 Å². The van der Waals surface area contributed by atoms with Crippen LogP contribution in [0, 0.1) is 0 Å². The molecule has 1 aliphatic rings. The molecule has 0 atom stereocenters. The van der Waals surface area contributed by atoms with Crippen LogP contribution in [0.2, 0.25) is 5.02 Å². The molecule has 0 aliphatic carbocycles. The maximum absolute atomic E-state index is 12.5. The molecule has 1 aliphatic heterocycles. The van der Waals surface area contributed by atoms with Crippen LogP contribution in [0.5, 0.6) is 11.5 Å². The zero-order valence-electron chi connectivity index (χ0n) is 17.2. The van der Waals surface area contributed by atoms with Crippen LogP contribution in [0.1, 0.15) is 12.8 Å². The second-order valence-corrected chi connectivity index (χ2v) is 7.85. The van der Waals surface area contributed by atoms with Crippen molar-refractivity contribution >= 4 is 28.9 Å². The summed E-state index contributed by atoms with van der Waals surface area (Å²) in [5.74, 6) is 2.07. The number of unbranched alkanes of at least 4 members (excludes halogenated alkanes) is 1. The van der Waals surface area contributed by atoms with E-state index in [1.807, 2.05) is 24.3 Å². The molecule has 164 valence electrons. The monoisotopic (exact) mass is 454 g/mol. The molecule has 3 rings (SSSR count). The lowest BCUT2D eigenvalue weighted by Crippen LogP contribution is -2.48. The minimum atomic E-state index is -0.239. The predicted octanol–water partition coefficient (Wildman–Crippen LogP) is 3.13. The number of hydrogen-bond acceptors (Lipinski definition) is 6. The number of piperazine rings is 1. The van der Waals surface area contributed by atoms with Crippen LogP contribution in [0.4, 0.5) is 5.69 Å². The van der Waals surface area contributed by atoms with Crippen LogP contribution in [-0.2, 0) is 6.54 Å². The Labute approximate surface area is 187 Å². The molecule has 2 aromatic rings. The first kappa shape index (κ1) is 22.7. The number of nitrogens with zero attached hydrogens (tertiary/aromatic N) is 4. The van der Waals surface area contributed by atoms with E-state index in [0.29, 0.717) is 24.7 Å². The summed E-state index contributed by atoms with van der Waals surface area (Å²) in [6, 6.07) is 7.64. The van der Waals surface area contributed by atoms with Crippen LogP contribution in [0.25, 0.3) is 0 Å². The molecule has 1 aromatic carbocycles. The highest BCUT2D eigenvalue weighted by molar-refractivity contribution is 6.33. The van der Waals surface area contributed by atoms with Gasteiger partial charge in [-0.2, -0.15) is 5.10 Å². The maximum atomic E-state index is 12.5. The Morgan fingerprint density at radius 2 is 1.80 bits per heavy atom. The first-order valence-corrected chi connectivity index (χ1v) is 11.1. The fourth-order valence-corrected chi connectivity index (χ4v) is 3.88. The van der Waals surface area contributed by atoms with Gasteiger partial charge in [0.15, 0.2) is 11.5 Å². The van der Waals surface area contributed by atoms with Gasteiger partial charge in [0.1, 0.15) is 11.6 Å². The molecule has 2 heterocycles. The number of aromatic nitrogens is 2. The topological polar surface area (TPSA) is 59.8 Å². The van der Waals surface area contributed by atoms with E-state index in [1.165, 1.54) is 4.68 Å². The minimum absolute atomic E-state index is 0.239. The number of anilines is 1. The van der Waals surface area contributed by atoms with Crippen LogP contribution in [-0.4, -0.2) is 67.0 Å². The average Bonchev–Trinajstić information content (AvgIpc) is 2.78. The van der Waals surface area contributed by atoms with Crippen molar-refractivity contribution in [3.05, 3.63) is 45.8 Å². The molecule has 0 radical (unpaired) electrons. The SMILES string of the molecule is COc1ccccc1OCCN1CCN(c2cnn(CCCCCl)c(=O)c2Cl)CC1. The third-order valence-electron chi connectivity index (χ3n) is 5.17. The van der Waals surface area contributed by atoms with Crippen molar-refractivity contribution in [3.8, 4) is 11.5 Å². The lowest BCUT2D eigenvalue weighted by Gasteiger charge is -2.36. The first-order chi connectivity index (χ1) is 14.6. The number of aryl methyl sites for hydroxylation is 1. The standard InChI is InChI=1S/C21H28Cl2N4O3/c1-29-18-6-2-3-7-19(18)30-15-14-25-10-12-26(13-11-25)17-16-24-27(9-5-4-8-22)21(28)20(17)23/h2-3,6-7,16H,4-5,8-15H2,1H3. The fraction of sp³-hybridized carbons (Fsp3) is 0.524. The summed E-state index contributed by atoms with van der Waals surface area (Å²) in [6.07, 6.45) is 3.35. The Bertz CT molecular complexity index is 870. The first-order valence-electron chi connectivity index (χ1n) is 10.2. The van der Waals surface area contributed by atoms with E-state index < -0.39 is 0 Å². The maximum Gasteiger partial charge on any atom is 0.287 e. The van der Waals surface area contributed by atoms with Gasteiger partial charge in [0, 0.05) is 45.1 Å². The van der Waals surface area contributed by atoms with Gasteiger partial charge in [-0.05, 0) is 25.0 Å². The second-order valence-electron chi connectivity index (χ2n) is 7.10. The Morgan fingerprint density at radius 1 is 1.07 bits per heavy atom. The Kier molecular flexibility index (Phi) is 8.66. The highest BCUT2D eigenvalue weighted by Gasteiger charge is 2.21. The van der Waals surface area contributed by atoms with Gasteiger partial charge in [-0.15, -0.1) is 11.6 Å². The van der Waals surface area contributed by atoms with E-state index in [2.05, 4.69) is 14.9 Å². The van der Waals surface area contributed by atoms with Gasteiger partial charge in [-0.1, -0.05) is 23.7 Å². The van der Waals surface area contributed by atoms with Gasteiger partial charge in [0.25, 0.3) is 5.56 Å². The van der Waals surface area contributed by atoms with E-state index in [1.54, 1.807) is 13.3 Å². The van der Waals surface area contributed by atoms with E-state index in [-0.39, 0.29) is 10.6 Å². The summed E-state index contributed by atoms with van der Waals surface area (Å²) in [4.78, 5) is 16.9. The molecule has 7 nitrogen and oxygen atoms in total. The molecule has 0 amide bonds. The highest BCUT2D eigenvalue weighted by atomic mass is 35.5. The summed E-state index contributed by atoms with van der Waals surface area (Å²) < 4.78 is 12.6. The number of hydrogen-bond donors (Lipinski definition) is 0. The number of alkyl halides is 1. The van der Waals surface area contributed by atoms with Gasteiger partial charge in [-0.3, -0.25) is 9.69 Å². The van der Waals surface area contributed by atoms with Gasteiger partial charge < -0.3 is 14.4 Å². The highest BCUT2D eigenvalue weighted by Crippen LogP contribution is 2.26. The average molecular weight is 455 g/mol. The molecule has 0 bridgehead atoms. The molecule has 1 aromatic heterocycles. The van der Waals surface area contributed by atoms with Crippen molar-refractivity contribution in [2.75, 3.05) is 57.2 Å². The quantitative estimate of drug-likeness (QED) is 0.405. The van der Waals surface area contributed by atoms with Gasteiger partial charge in [0.2, 0.25) is 0 Å². The predicted molar refractivity (Wildman–Crippen MR) is 121 cm³/mol. The van der Waals surface area contributed by atoms with Crippen molar-refractivity contribution in [2.24, 2.45) is 0 Å². The molecule has 1 fully saturated rings. The van der Waals surface area contributed by atoms with Crippen molar-refractivity contribution in [2.45, 2.75) is 19.4 Å². The molecule has 30 heavy (non-hydrogen) atoms. The van der Waals surface area contributed by atoms with Crippen molar-refractivity contribution in [3.63, 3.8) is 0 Å². The van der Waals surface area contributed by atoms with Gasteiger partial charge in [-0.25, -0.2) is 4.68 Å². The third kappa shape index (κ3) is 5.80. The zero-order chi connectivity index (χ0) is 21.3. The van der Waals surface area contributed by atoms with Crippen LogP contribution >= 0.6 is 23.2 Å². The van der Waals surface area contributed by atoms with Gasteiger partial charge >= 0.3 is 0 Å². The smallest absolute Gasteiger partial charge is 0.287 e. The molecule has 1 saturated heterocycles. The minimum Gasteiger partial charge on any atom is -0.493 e. The summed E-state index contributed by atoms with van der Waals surface area (Å²) in [7, 11) is 1.64. The largest absolute Gasteiger partial charge is 0.493 e. The summed E-state index contributed by atoms with van der Waals surface area (Å²) >= 11 is 12.1. The van der Waals surface area contributed by atoms with Crippen molar-refractivity contribution in [1.82, 2.24) is 14.7 Å². The lowest BCUT2D eigenvalue weighted by atomic mass is 10.2. The Morgan fingerprint density at radius 3 is 2.50 bits per heavy atom. The Hall–Kier alpha value is -1.96. The van der Waals surface area contributed by atoms with E-state index in [0.717, 1.165) is 57.1 Å². The number of benzene rings is 1. The number of para-hydroxylation sites is 2. The molecule has 0 unspecified atom stereocenters. The summed E-state index contributed by atoms with van der Waals surface area (Å²) in [5.41, 5.74) is 0.469. The number of ether oxygens (including phenoxy) is 2. The van der Waals surface area contributed by atoms with Crippen molar-refractivity contribution < 1.29 is 9.47 Å². The van der Waals surface area contributed by atoms with Crippen LogP contribution in [0.3, 0.4) is 0 Å². The van der Waals surface area contributed by atoms with E-state index >= 15 is 0 Å². The van der Waals surface area contributed by atoms with Crippen LogP contribution < -0.4 is 19.9 Å². The van der Waals surface area contributed by atoms with Gasteiger partial charge in [0.05, 0.1) is 19.0 Å². The third-order valence-corrected chi connectivity index (χ3v) is 5.79. The van der Waals surface area contributed by atoms with Crippen molar-refractivity contribution in [1.29, 1.82) is 0 Å². The summed E-state index contributed by atoms with van der Waals surface area (Å²) in [5, 5.41) is 4.53. The molecule has 0 N–H and O–H groups in total. The zero-order valence-corrected chi connectivity index (χ0v) is 18.7. The number of rotatable bonds is 10. The van der Waals surface area contributed by atoms with Crippen LogP contribution in [0.15, 0.2) is 35.3 Å². The normalized spacial score (nSPS) is 14.7. The second kappa shape index (κ2) is 11.4. The number of methoxy groups -OCH3 is 1. The molecule has 0 saturated carbocycles. The number of halogens is 2. The molecular formula is C21H28Cl2N4O3. The lowest BCUT2D eigenvalue weighted by molar-refractivity contribution is 0.197. The fourth-order valence-electron chi connectivity index (χ4n) is 3.43.